The molecule has 32 heavy (non-hydrogen) atoms. The molecule has 2 aliphatic rings. The number of pyridine rings is 1. The van der Waals surface area contributed by atoms with Gasteiger partial charge in [0.25, 0.3) is 0 Å². The van der Waals surface area contributed by atoms with Crippen LogP contribution < -0.4 is 36.5 Å². The van der Waals surface area contributed by atoms with Crippen LogP contribution in [0.1, 0.15) is 11.1 Å². The molecular weight excluding hydrogens is 424 g/mol. The fraction of sp³-hybridized carbons (Fsp3) is 0.192. The van der Waals surface area contributed by atoms with Crippen LogP contribution in [0.15, 0.2) is 66.9 Å². The SMILES string of the molecule is COc1ccc2cc3[n+](cc2c1NCc1ccccc1)CCc1cc2c(cc1-3)OCO2.[Cl-]. The minimum absolute atomic E-state index is 0. The van der Waals surface area contributed by atoms with Crippen LogP contribution in [-0.2, 0) is 19.5 Å². The third kappa shape index (κ3) is 3.39. The Bertz CT molecular complexity index is 1310. The van der Waals surface area contributed by atoms with Crippen molar-refractivity contribution in [3.63, 3.8) is 0 Å². The van der Waals surface area contributed by atoms with Gasteiger partial charge in [0.15, 0.2) is 24.2 Å². The second-order valence-electron chi connectivity index (χ2n) is 7.95. The van der Waals surface area contributed by atoms with E-state index in [-0.39, 0.29) is 12.4 Å². The first-order valence-corrected chi connectivity index (χ1v) is 10.5. The van der Waals surface area contributed by atoms with Gasteiger partial charge in [0.05, 0.1) is 23.7 Å². The summed E-state index contributed by atoms with van der Waals surface area (Å²) in [6.45, 7) is 1.96. The lowest BCUT2D eigenvalue weighted by atomic mass is 9.95. The Morgan fingerprint density at radius 2 is 1.81 bits per heavy atom. The molecule has 6 heteroatoms. The van der Waals surface area contributed by atoms with E-state index in [1.807, 2.05) is 12.1 Å². The van der Waals surface area contributed by atoms with Crippen molar-refractivity contribution in [3.05, 3.63) is 78.0 Å². The van der Waals surface area contributed by atoms with Gasteiger partial charge in [-0.1, -0.05) is 36.4 Å². The molecule has 1 N–H and O–H groups in total. The van der Waals surface area contributed by atoms with E-state index >= 15 is 0 Å². The Morgan fingerprint density at radius 3 is 2.62 bits per heavy atom. The van der Waals surface area contributed by atoms with Gasteiger partial charge in [-0.15, -0.1) is 0 Å². The van der Waals surface area contributed by atoms with Crippen molar-refractivity contribution in [1.29, 1.82) is 0 Å². The van der Waals surface area contributed by atoms with Crippen LogP contribution in [0.4, 0.5) is 5.69 Å². The summed E-state index contributed by atoms with van der Waals surface area (Å²) < 4.78 is 19.2. The topological polar surface area (TPSA) is 43.6 Å². The normalized spacial score (nSPS) is 13.2. The van der Waals surface area contributed by atoms with Crippen molar-refractivity contribution in [2.75, 3.05) is 19.2 Å². The zero-order chi connectivity index (χ0) is 20.8. The minimum atomic E-state index is 0. The Morgan fingerprint density at radius 1 is 1.00 bits per heavy atom. The van der Waals surface area contributed by atoms with Gasteiger partial charge in [0, 0.05) is 19.0 Å². The molecule has 1 aromatic heterocycles. The predicted molar refractivity (Wildman–Crippen MR) is 120 cm³/mol. The molecule has 0 saturated heterocycles. The number of ether oxygens (including phenoxy) is 3. The Balaban J connectivity index is 0.00000216. The smallest absolute Gasteiger partial charge is 0.231 e. The standard InChI is InChI=1S/C26H22N2O3.ClH/c1-29-23-8-7-18-11-22-20-13-25-24(30-16-31-25)12-19(20)9-10-28(22)15-21(18)26(23)27-14-17-5-3-2-4-6-17;/h2-8,11-13,15H,9-10,14,16H2,1H3;1H. The molecule has 162 valence electrons. The molecule has 0 radical (unpaired) electrons. The Labute approximate surface area is 193 Å². The molecule has 3 heterocycles. The molecule has 6 rings (SSSR count). The Kier molecular flexibility index (Phi) is 5.27. The van der Waals surface area contributed by atoms with Gasteiger partial charge in [0.2, 0.25) is 12.5 Å². The quantitative estimate of drug-likeness (QED) is 0.485. The molecule has 0 amide bonds. The van der Waals surface area contributed by atoms with Crippen molar-refractivity contribution in [2.24, 2.45) is 0 Å². The highest BCUT2D eigenvalue weighted by Gasteiger charge is 2.28. The number of hydrogen-bond donors (Lipinski definition) is 1. The van der Waals surface area contributed by atoms with Gasteiger partial charge in [-0.3, -0.25) is 0 Å². The van der Waals surface area contributed by atoms with Gasteiger partial charge in [-0.05, 0) is 34.7 Å². The van der Waals surface area contributed by atoms with Crippen LogP contribution >= 0.6 is 0 Å². The average molecular weight is 447 g/mol. The molecule has 0 bridgehead atoms. The van der Waals surface area contributed by atoms with Crippen molar-refractivity contribution in [2.45, 2.75) is 19.5 Å². The lowest BCUT2D eigenvalue weighted by Gasteiger charge is -2.18. The van der Waals surface area contributed by atoms with Crippen molar-refractivity contribution < 1.29 is 31.2 Å². The summed E-state index contributed by atoms with van der Waals surface area (Å²) in [6, 6.07) is 21.1. The number of anilines is 1. The first-order valence-electron chi connectivity index (χ1n) is 10.5. The first kappa shape index (κ1) is 20.5. The van der Waals surface area contributed by atoms with E-state index in [2.05, 4.69) is 64.6 Å². The number of rotatable bonds is 4. The molecule has 2 aliphatic heterocycles. The van der Waals surface area contributed by atoms with E-state index < -0.39 is 0 Å². The van der Waals surface area contributed by atoms with E-state index in [0.717, 1.165) is 47.8 Å². The average Bonchev–Trinajstić information content (AvgIpc) is 3.28. The molecule has 5 nitrogen and oxygen atoms in total. The zero-order valence-corrected chi connectivity index (χ0v) is 18.5. The lowest BCUT2D eigenvalue weighted by molar-refractivity contribution is -0.686. The van der Waals surface area contributed by atoms with E-state index in [0.29, 0.717) is 6.79 Å². The summed E-state index contributed by atoms with van der Waals surface area (Å²) in [5.74, 6) is 2.53. The largest absolute Gasteiger partial charge is 1.00 e. The molecular formula is C26H23ClN2O3. The number of methoxy groups -OCH3 is 1. The highest BCUT2D eigenvalue weighted by Crippen LogP contribution is 2.41. The fourth-order valence-electron chi connectivity index (χ4n) is 4.56. The monoisotopic (exact) mass is 446 g/mol. The summed E-state index contributed by atoms with van der Waals surface area (Å²) in [7, 11) is 1.72. The number of hydrogen-bond acceptors (Lipinski definition) is 4. The maximum Gasteiger partial charge on any atom is 0.231 e. The molecule has 0 atom stereocenters. The highest BCUT2D eigenvalue weighted by molar-refractivity contribution is 5.97. The third-order valence-electron chi connectivity index (χ3n) is 6.16. The third-order valence-corrected chi connectivity index (χ3v) is 6.16. The van der Waals surface area contributed by atoms with Crippen molar-refractivity contribution >= 4 is 16.5 Å². The maximum atomic E-state index is 5.69. The molecule has 0 fully saturated rings. The Hall–Kier alpha value is -3.44. The first-order chi connectivity index (χ1) is 15.3. The molecule has 0 spiro atoms. The number of aryl methyl sites for hydroxylation is 2. The van der Waals surface area contributed by atoms with Gasteiger partial charge < -0.3 is 31.9 Å². The van der Waals surface area contributed by atoms with E-state index in [1.165, 1.54) is 27.8 Å². The summed E-state index contributed by atoms with van der Waals surface area (Å²) in [5, 5.41) is 5.94. The molecule has 3 aromatic carbocycles. The van der Waals surface area contributed by atoms with Crippen LogP contribution in [0.2, 0.25) is 0 Å². The summed E-state index contributed by atoms with van der Waals surface area (Å²) in [4.78, 5) is 0. The van der Waals surface area contributed by atoms with E-state index in [4.69, 9.17) is 14.2 Å². The minimum Gasteiger partial charge on any atom is -1.00 e. The van der Waals surface area contributed by atoms with Crippen molar-refractivity contribution in [1.82, 2.24) is 0 Å². The summed E-state index contributed by atoms with van der Waals surface area (Å²) >= 11 is 0. The number of benzene rings is 3. The molecule has 0 saturated carbocycles. The van der Waals surface area contributed by atoms with Crippen molar-refractivity contribution in [3.8, 4) is 28.5 Å². The van der Waals surface area contributed by atoms with Crippen LogP contribution in [0.25, 0.3) is 22.0 Å². The summed E-state index contributed by atoms with van der Waals surface area (Å²) in [6.07, 6.45) is 3.21. The predicted octanol–water partition coefficient (Wildman–Crippen LogP) is 1.70. The number of halogens is 1. The van der Waals surface area contributed by atoms with Gasteiger partial charge in [-0.2, -0.15) is 4.57 Å². The molecule has 4 aromatic rings. The van der Waals surface area contributed by atoms with Crippen LogP contribution in [0.3, 0.4) is 0 Å². The lowest BCUT2D eigenvalue weighted by Crippen LogP contribution is -3.00. The highest BCUT2D eigenvalue weighted by atomic mass is 35.5. The fourth-order valence-corrected chi connectivity index (χ4v) is 4.56. The van der Waals surface area contributed by atoms with Crippen LogP contribution in [0, 0.1) is 0 Å². The maximum absolute atomic E-state index is 5.69. The van der Waals surface area contributed by atoms with Crippen LogP contribution in [-0.4, -0.2) is 13.9 Å². The van der Waals surface area contributed by atoms with Crippen LogP contribution in [0.5, 0.6) is 17.2 Å². The number of nitrogens with one attached hydrogen (secondary N) is 1. The van der Waals surface area contributed by atoms with E-state index in [9.17, 15) is 0 Å². The van der Waals surface area contributed by atoms with E-state index in [1.54, 1.807) is 7.11 Å². The summed E-state index contributed by atoms with van der Waals surface area (Å²) in [5.41, 5.74) is 5.98. The second kappa shape index (κ2) is 8.24. The number of fused-ring (bicyclic) bond motifs is 5. The number of nitrogens with zero attached hydrogens (tertiary/aromatic N) is 1. The van der Waals surface area contributed by atoms with Gasteiger partial charge in [-0.25, -0.2) is 0 Å². The molecule has 0 unspecified atom stereocenters. The molecule has 0 aliphatic carbocycles. The zero-order valence-electron chi connectivity index (χ0n) is 17.7. The van der Waals surface area contributed by atoms with Gasteiger partial charge in [0.1, 0.15) is 5.75 Å². The number of aromatic nitrogens is 1. The second-order valence-corrected chi connectivity index (χ2v) is 7.95. The van der Waals surface area contributed by atoms with Gasteiger partial charge >= 0.3 is 0 Å².